The first-order valence-electron chi connectivity index (χ1n) is 8.29. The van der Waals surface area contributed by atoms with Crippen LogP contribution in [0, 0.1) is 11.7 Å². The van der Waals surface area contributed by atoms with Crippen molar-refractivity contribution < 1.29 is 4.39 Å². The minimum atomic E-state index is -0.165. The van der Waals surface area contributed by atoms with Gasteiger partial charge >= 0.3 is 0 Å². The zero-order valence-corrected chi connectivity index (χ0v) is 13.6. The van der Waals surface area contributed by atoms with Crippen molar-refractivity contribution in [3.63, 3.8) is 0 Å². The molecule has 0 aromatic heterocycles. The van der Waals surface area contributed by atoms with Crippen molar-refractivity contribution in [1.82, 2.24) is 0 Å². The highest BCUT2D eigenvalue weighted by Crippen LogP contribution is 2.32. The molecule has 0 aliphatic heterocycles. The van der Waals surface area contributed by atoms with Crippen molar-refractivity contribution in [2.45, 2.75) is 64.5 Å². The van der Waals surface area contributed by atoms with Gasteiger partial charge in [0.15, 0.2) is 0 Å². The summed E-state index contributed by atoms with van der Waals surface area (Å²) < 4.78 is 13.6. The Morgan fingerprint density at radius 2 is 2.05 bits per heavy atom. The van der Waals surface area contributed by atoms with Gasteiger partial charge in [-0.15, -0.1) is 0 Å². The third-order valence-corrected chi connectivity index (χ3v) is 4.99. The first kappa shape index (κ1) is 16.3. The maximum Gasteiger partial charge on any atom is 0.123 e. The van der Waals surface area contributed by atoms with Gasteiger partial charge in [-0.2, -0.15) is 0 Å². The molecule has 1 aliphatic carbocycles. The van der Waals surface area contributed by atoms with Crippen LogP contribution in [0.1, 0.15) is 51.5 Å². The molecule has 1 fully saturated rings. The van der Waals surface area contributed by atoms with E-state index >= 15 is 0 Å². The van der Waals surface area contributed by atoms with Gasteiger partial charge in [0.1, 0.15) is 5.82 Å². The topological polar surface area (TPSA) is 29.3 Å². The number of nitrogens with two attached hydrogens (primary N) is 1. The van der Waals surface area contributed by atoms with Gasteiger partial charge in [0.2, 0.25) is 0 Å². The quantitative estimate of drug-likeness (QED) is 0.884. The Kier molecular flexibility index (Phi) is 5.63. The molecule has 3 unspecified atom stereocenters. The van der Waals surface area contributed by atoms with E-state index in [1.54, 1.807) is 12.1 Å². The molecule has 21 heavy (non-hydrogen) atoms. The summed E-state index contributed by atoms with van der Waals surface area (Å²) in [6.45, 7) is 4.41. The van der Waals surface area contributed by atoms with Crippen molar-refractivity contribution in [2.75, 3.05) is 11.9 Å². The molecule has 1 aromatic rings. The van der Waals surface area contributed by atoms with Crippen molar-refractivity contribution in [3.8, 4) is 0 Å². The van der Waals surface area contributed by atoms with Crippen LogP contribution < -0.4 is 10.6 Å². The van der Waals surface area contributed by atoms with Crippen molar-refractivity contribution >= 4 is 5.69 Å². The van der Waals surface area contributed by atoms with Gasteiger partial charge in [-0.3, -0.25) is 0 Å². The van der Waals surface area contributed by atoms with Gasteiger partial charge < -0.3 is 10.6 Å². The number of rotatable bonds is 5. The second kappa shape index (κ2) is 7.26. The molecule has 0 amide bonds. The van der Waals surface area contributed by atoms with Crippen molar-refractivity contribution in [2.24, 2.45) is 11.7 Å². The molecule has 3 heteroatoms. The van der Waals surface area contributed by atoms with E-state index in [-0.39, 0.29) is 11.9 Å². The molecule has 1 aromatic carbocycles. The van der Waals surface area contributed by atoms with Gasteiger partial charge in [-0.25, -0.2) is 4.39 Å². The van der Waals surface area contributed by atoms with Crippen LogP contribution in [0.5, 0.6) is 0 Å². The van der Waals surface area contributed by atoms with Crippen LogP contribution in [0.2, 0.25) is 0 Å². The Morgan fingerprint density at radius 1 is 1.33 bits per heavy atom. The molecule has 1 saturated carbocycles. The Morgan fingerprint density at radius 3 is 2.71 bits per heavy atom. The Bertz CT molecular complexity index is 461. The van der Waals surface area contributed by atoms with Crippen LogP contribution in [0.3, 0.4) is 0 Å². The van der Waals surface area contributed by atoms with E-state index in [0.717, 1.165) is 24.1 Å². The molecular weight excluding hydrogens is 263 g/mol. The van der Waals surface area contributed by atoms with E-state index in [4.69, 9.17) is 5.73 Å². The number of halogens is 1. The third-order valence-electron chi connectivity index (χ3n) is 4.99. The van der Waals surface area contributed by atoms with E-state index in [1.807, 2.05) is 6.07 Å². The third kappa shape index (κ3) is 3.97. The highest BCUT2D eigenvalue weighted by molar-refractivity contribution is 5.54. The summed E-state index contributed by atoms with van der Waals surface area (Å²) in [5, 5.41) is 0. The first-order chi connectivity index (χ1) is 10.0. The minimum Gasteiger partial charge on any atom is -0.371 e. The Labute approximate surface area is 128 Å². The lowest BCUT2D eigenvalue weighted by Crippen LogP contribution is -2.39. The van der Waals surface area contributed by atoms with E-state index in [1.165, 1.54) is 25.7 Å². The van der Waals surface area contributed by atoms with Gasteiger partial charge in [0, 0.05) is 24.8 Å². The fourth-order valence-electron chi connectivity index (χ4n) is 3.54. The zero-order valence-electron chi connectivity index (χ0n) is 13.6. The van der Waals surface area contributed by atoms with E-state index in [0.29, 0.717) is 12.0 Å². The van der Waals surface area contributed by atoms with Crippen LogP contribution in [0.15, 0.2) is 18.2 Å². The molecule has 2 nitrogen and oxygen atoms in total. The van der Waals surface area contributed by atoms with Gasteiger partial charge in [0.05, 0.1) is 0 Å². The monoisotopic (exact) mass is 292 g/mol. The average Bonchev–Trinajstić information content (AvgIpc) is 2.47. The highest BCUT2D eigenvalue weighted by Gasteiger charge is 2.26. The zero-order chi connectivity index (χ0) is 15.4. The summed E-state index contributed by atoms with van der Waals surface area (Å²) in [7, 11) is 2.15. The summed E-state index contributed by atoms with van der Waals surface area (Å²) in [6, 6.07) is 5.81. The van der Waals surface area contributed by atoms with E-state index in [9.17, 15) is 4.39 Å². The van der Waals surface area contributed by atoms with E-state index in [2.05, 4.69) is 25.8 Å². The van der Waals surface area contributed by atoms with Crippen molar-refractivity contribution in [3.05, 3.63) is 29.6 Å². The number of benzene rings is 1. The Balaban J connectivity index is 2.24. The van der Waals surface area contributed by atoms with Gasteiger partial charge in [0.25, 0.3) is 0 Å². The fraction of sp³-hybridized carbons (Fsp3) is 0.667. The van der Waals surface area contributed by atoms with Gasteiger partial charge in [-0.05, 0) is 55.4 Å². The predicted molar refractivity (Wildman–Crippen MR) is 88.2 cm³/mol. The van der Waals surface area contributed by atoms with Crippen LogP contribution >= 0.6 is 0 Å². The Hall–Kier alpha value is -1.09. The summed E-state index contributed by atoms with van der Waals surface area (Å²) in [5.74, 6) is 0.531. The molecule has 1 aliphatic rings. The maximum atomic E-state index is 13.6. The molecular formula is C18H29FN2. The lowest BCUT2D eigenvalue weighted by Gasteiger charge is -2.38. The lowest BCUT2D eigenvalue weighted by atomic mass is 9.84. The number of anilines is 1. The normalized spacial score (nSPS) is 23.9. The minimum absolute atomic E-state index is 0.0997. The molecule has 3 atom stereocenters. The summed E-state index contributed by atoms with van der Waals surface area (Å²) in [6.07, 6.45) is 6.82. The number of nitrogens with zero attached hydrogens (tertiary/aromatic N) is 1. The summed E-state index contributed by atoms with van der Waals surface area (Å²) in [4.78, 5) is 2.36. The highest BCUT2D eigenvalue weighted by atomic mass is 19.1. The van der Waals surface area contributed by atoms with Crippen molar-refractivity contribution in [1.29, 1.82) is 0 Å². The molecule has 2 N–H and O–H groups in total. The molecule has 2 rings (SSSR count). The van der Waals surface area contributed by atoms with Crippen LogP contribution in [0.25, 0.3) is 0 Å². The SMILES string of the molecule is CCC(N)Cc1cc(F)ccc1N(C)C1CCCCC1C. The smallest absolute Gasteiger partial charge is 0.123 e. The van der Waals surface area contributed by atoms with Crippen LogP contribution in [0.4, 0.5) is 10.1 Å². The van der Waals surface area contributed by atoms with Crippen LogP contribution in [-0.2, 0) is 6.42 Å². The summed E-state index contributed by atoms with van der Waals surface area (Å²) >= 11 is 0. The molecule has 0 spiro atoms. The molecule has 0 saturated heterocycles. The summed E-state index contributed by atoms with van der Waals surface area (Å²) in [5.41, 5.74) is 8.29. The predicted octanol–water partition coefficient (Wildman–Crippen LogP) is 4.12. The molecule has 0 radical (unpaired) electrons. The van der Waals surface area contributed by atoms with E-state index < -0.39 is 0 Å². The molecule has 118 valence electrons. The molecule has 0 heterocycles. The first-order valence-corrected chi connectivity index (χ1v) is 8.29. The largest absolute Gasteiger partial charge is 0.371 e. The second-order valence-corrected chi connectivity index (χ2v) is 6.59. The second-order valence-electron chi connectivity index (χ2n) is 6.59. The van der Waals surface area contributed by atoms with Gasteiger partial charge in [-0.1, -0.05) is 26.7 Å². The number of hydrogen-bond donors (Lipinski definition) is 1. The molecule has 0 bridgehead atoms. The lowest BCUT2D eigenvalue weighted by molar-refractivity contribution is 0.321. The average molecular weight is 292 g/mol. The fourth-order valence-corrected chi connectivity index (χ4v) is 3.54. The number of hydrogen-bond acceptors (Lipinski definition) is 2. The standard InChI is InChI=1S/C18H29FN2/c1-4-16(20)12-14-11-15(19)9-10-18(14)21(3)17-8-6-5-7-13(17)2/h9-11,13,16-17H,4-8,12,20H2,1-3H3. The van der Waals surface area contributed by atoms with Crippen LogP contribution in [-0.4, -0.2) is 19.1 Å². The maximum absolute atomic E-state index is 13.6.